The van der Waals surface area contributed by atoms with E-state index >= 15 is 0 Å². The third-order valence-corrected chi connectivity index (χ3v) is 12.9. The highest BCUT2D eigenvalue weighted by molar-refractivity contribution is 7.91. The number of hydrogen-bond acceptors (Lipinski definition) is 12. The van der Waals surface area contributed by atoms with Crippen molar-refractivity contribution in [2.24, 2.45) is 5.41 Å². The fourth-order valence-electron chi connectivity index (χ4n) is 5.56. The summed E-state index contributed by atoms with van der Waals surface area (Å²) < 4.78 is 82.8. The van der Waals surface area contributed by atoms with Crippen LogP contribution in [0.25, 0.3) is 11.4 Å². The van der Waals surface area contributed by atoms with Crippen LogP contribution in [-0.4, -0.2) is 92.8 Å². The summed E-state index contributed by atoms with van der Waals surface area (Å²) >= 11 is 12.1. The van der Waals surface area contributed by atoms with E-state index in [1.54, 1.807) is 7.05 Å². The third-order valence-electron chi connectivity index (χ3n) is 8.70. The molecule has 0 spiro atoms. The van der Waals surface area contributed by atoms with Crippen molar-refractivity contribution in [3.05, 3.63) is 143 Å². The fraction of sp³-hybridized carbons (Fsp3) is 0.195. The minimum Gasteiger partial charge on any atom is -0.478 e. The molecule has 0 radical (unpaired) electrons. The summed E-state index contributed by atoms with van der Waals surface area (Å²) in [5, 5.41) is 38.0. The van der Waals surface area contributed by atoms with E-state index in [0.717, 1.165) is 15.4 Å². The van der Waals surface area contributed by atoms with Crippen LogP contribution in [0.15, 0.2) is 130 Å². The molecule has 6 aromatic rings. The Labute approximate surface area is 381 Å². The minimum absolute atomic E-state index is 0.0136. The molecule has 0 saturated heterocycles. The molecule has 5 N–H and O–H groups in total. The molecule has 6 rings (SSSR count). The maximum absolute atomic E-state index is 14.1. The zero-order valence-electron chi connectivity index (χ0n) is 34.6. The molecule has 0 aliphatic rings. The van der Waals surface area contributed by atoms with Crippen molar-refractivity contribution in [3.8, 4) is 11.4 Å². The van der Waals surface area contributed by atoms with Gasteiger partial charge in [0, 0.05) is 62.0 Å². The SMILES string of the molecule is CC(C)(C)C(Cc1cc(S(=O)(=O)c2cccnc2)n(-c2cccc(F)c2Cl)n1)NC(=O)O.CNCc1cc(S(=O)(=O)c2cccnc2)n(-c2cccc(F)c2Cl)n1.O=C(O)/C=C/C(=O)O. The molecule has 0 bridgehead atoms. The first-order valence-electron chi connectivity index (χ1n) is 18.6. The number of rotatable bonds is 13. The Morgan fingerprint density at radius 3 is 1.52 bits per heavy atom. The van der Waals surface area contributed by atoms with Gasteiger partial charge in [0.15, 0.2) is 10.1 Å². The second kappa shape index (κ2) is 21.9. The number of aliphatic carboxylic acids is 2. The Kier molecular flexibility index (Phi) is 17.2. The number of hydrogen-bond donors (Lipinski definition) is 5. The van der Waals surface area contributed by atoms with Crippen LogP contribution in [-0.2, 0) is 42.2 Å². The lowest BCUT2D eigenvalue weighted by molar-refractivity contribution is -0.134. The summed E-state index contributed by atoms with van der Waals surface area (Å²) in [6.07, 6.45) is 5.38. The summed E-state index contributed by atoms with van der Waals surface area (Å²) in [7, 11) is -6.30. The van der Waals surface area contributed by atoms with E-state index in [9.17, 15) is 45.1 Å². The van der Waals surface area contributed by atoms with Crippen LogP contribution in [0.4, 0.5) is 13.6 Å². The number of benzene rings is 2. The smallest absolute Gasteiger partial charge is 0.404 e. The number of carboxylic acid groups (broad SMARTS) is 3. The zero-order valence-corrected chi connectivity index (χ0v) is 37.7. The van der Waals surface area contributed by atoms with Crippen LogP contribution in [0.2, 0.25) is 10.0 Å². The molecule has 24 heteroatoms. The average molecular weight is 978 g/mol. The summed E-state index contributed by atoms with van der Waals surface area (Å²) in [6, 6.07) is 16.2. The Bertz CT molecular complexity index is 2900. The van der Waals surface area contributed by atoms with Gasteiger partial charge in [0.2, 0.25) is 19.7 Å². The molecule has 0 aliphatic heterocycles. The Morgan fingerprint density at radius 2 is 1.15 bits per heavy atom. The Morgan fingerprint density at radius 1 is 0.723 bits per heavy atom. The number of halogens is 4. The van der Waals surface area contributed by atoms with Crippen molar-refractivity contribution >= 4 is 60.9 Å². The molecular formula is C41H40Cl2F2N8O10S2. The Hall–Kier alpha value is -6.59. The van der Waals surface area contributed by atoms with E-state index in [0.29, 0.717) is 30.1 Å². The molecule has 344 valence electrons. The number of nitrogens with one attached hydrogen (secondary N) is 2. The van der Waals surface area contributed by atoms with Gasteiger partial charge < -0.3 is 26.0 Å². The number of sulfone groups is 2. The van der Waals surface area contributed by atoms with Crippen molar-refractivity contribution in [1.82, 2.24) is 40.2 Å². The number of aromatic nitrogens is 6. The highest BCUT2D eigenvalue weighted by Crippen LogP contribution is 2.32. The largest absolute Gasteiger partial charge is 0.478 e. The van der Waals surface area contributed by atoms with Gasteiger partial charge in [0.25, 0.3) is 0 Å². The summed E-state index contributed by atoms with van der Waals surface area (Å²) in [4.78, 5) is 38.0. The number of pyridine rings is 2. The predicted molar refractivity (Wildman–Crippen MR) is 232 cm³/mol. The molecule has 0 fully saturated rings. The van der Waals surface area contributed by atoms with E-state index in [1.807, 2.05) is 20.8 Å². The second-order valence-electron chi connectivity index (χ2n) is 14.4. The van der Waals surface area contributed by atoms with E-state index in [4.69, 9.17) is 33.4 Å². The highest BCUT2D eigenvalue weighted by atomic mass is 35.5. The molecule has 0 aliphatic carbocycles. The molecular weight excluding hydrogens is 938 g/mol. The van der Waals surface area contributed by atoms with Crippen molar-refractivity contribution in [3.63, 3.8) is 0 Å². The van der Waals surface area contributed by atoms with Gasteiger partial charge in [-0.1, -0.05) is 56.1 Å². The number of amides is 1. The molecule has 1 atom stereocenters. The van der Waals surface area contributed by atoms with Crippen molar-refractivity contribution < 1.29 is 55.3 Å². The number of carbonyl (C=O) groups is 3. The molecule has 4 aromatic heterocycles. The van der Waals surface area contributed by atoms with E-state index < -0.39 is 60.8 Å². The number of nitrogens with zero attached hydrogens (tertiary/aromatic N) is 6. The quantitative estimate of drug-likeness (QED) is 0.0780. The van der Waals surface area contributed by atoms with Gasteiger partial charge in [-0.3, -0.25) is 9.97 Å². The first-order chi connectivity index (χ1) is 30.5. The van der Waals surface area contributed by atoms with Gasteiger partial charge in [-0.2, -0.15) is 10.2 Å². The molecule has 18 nitrogen and oxygen atoms in total. The molecule has 65 heavy (non-hydrogen) atoms. The molecule has 4 heterocycles. The van der Waals surface area contributed by atoms with Crippen molar-refractivity contribution in [1.29, 1.82) is 0 Å². The standard InChI is InChI=1S/C21H22ClFN4O4S.C16H14ClFN4O2S.C4H4O4/c1-21(2,3)17(25-20(28)29)10-13-11-18(32(30,31)14-6-5-9-24-12-14)27(26-13)16-8-4-7-15(23)19(16)22;1-19-9-11-8-15(25(23,24)12-4-3-7-20-10-12)22(21-11)14-6-2-5-13(18)16(14)17;5-3(6)1-2-4(7)8/h4-9,11-12,17,25H,10H2,1-3H3,(H,28,29);2-8,10,19H,9H2,1H3;1-2H,(H,5,6)(H,7,8)/b;;2-1+. The van der Waals surface area contributed by atoms with Crippen LogP contribution in [0.5, 0.6) is 0 Å². The maximum Gasteiger partial charge on any atom is 0.404 e. The monoisotopic (exact) mass is 976 g/mol. The van der Waals surface area contributed by atoms with Crippen molar-refractivity contribution in [2.45, 2.75) is 59.6 Å². The lowest BCUT2D eigenvalue weighted by atomic mass is 9.84. The van der Waals surface area contributed by atoms with E-state index in [2.05, 4.69) is 30.8 Å². The third kappa shape index (κ3) is 13.2. The molecule has 1 unspecified atom stereocenters. The Balaban J connectivity index is 0.000000249. The fourth-order valence-corrected chi connectivity index (χ4v) is 8.68. The minimum atomic E-state index is -4.10. The van der Waals surface area contributed by atoms with Gasteiger partial charge >= 0.3 is 18.0 Å². The molecule has 0 saturated carbocycles. The summed E-state index contributed by atoms with van der Waals surface area (Å²) in [6.45, 7) is 5.89. The maximum atomic E-state index is 14.1. The van der Waals surface area contributed by atoms with Gasteiger partial charge in [-0.15, -0.1) is 0 Å². The van der Waals surface area contributed by atoms with Gasteiger partial charge in [0.05, 0.1) is 32.6 Å². The molecule has 2 aromatic carbocycles. The molecule has 1 amide bonds. The highest BCUT2D eigenvalue weighted by Gasteiger charge is 2.31. The van der Waals surface area contributed by atoms with E-state index in [-0.39, 0.29) is 47.7 Å². The van der Waals surface area contributed by atoms with Crippen LogP contribution < -0.4 is 10.6 Å². The van der Waals surface area contributed by atoms with Gasteiger partial charge in [-0.25, -0.2) is 49.4 Å². The lowest BCUT2D eigenvalue weighted by Crippen LogP contribution is -2.44. The van der Waals surface area contributed by atoms with E-state index in [1.165, 1.54) is 91.5 Å². The summed E-state index contributed by atoms with van der Waals surface area (Å²) in [5.41, 5.74) is 0.471. The van der Waals surface area contributed by atoms with Crippen LogP contribution in [0.3, 0.4) is 0 Å². The number of carboxylic acids is 2. The topological polar surface area (TPSA) is 266 Å². The average Bonchev–Trinajstić information content (AvgIpc) is 3.88. The van der Waals surface area contributed by atoms with Crippen molar-refractivity contribution in [2.75, 3.05) is 7.05 Å². The van der Waals surface area contributed by atoms with Gasteiger partial charge in [0.1, 0.15) is 21.7 Å². The van der Waals surface area contributed by atoms with Gasteiger partial charge in [-0.05, 0) is 67.1 Å². The predicted octanol–water partition coefficient (Wildman–Crippen LogP) is 6.44. The second-order valence-corrected chi connectivity index (χ2v) is 19.0. The zero-order chi connectivity index (χ0) is 48.3. The van der Waals surface area contributed by atoms with Crippen LogP contribution in [0, 0.1) is 17.0 Å². The first-order valence-corrected chi connectivity index (χ1v) is 22.4. The first kappa shape index (κ1) is 51.0. The normalized spacial score (nSPS) is 12.1. The van der Waals surface area contributed by atoms with Crippen LogP contribution in [0.1, 0.15) is 32.2 Å². The summed E-state index contributed by atoms with van der Waals surface area (Å²) in [5.74, 6) is -3.90. The lowest BCUT2D eigenvalue weighted by Gasteiger charge is -2.29. The van der Waals surface area contributed by atoms with Crippen LogP contribution >= 0.6 is 23.2 Å².